The third-order valence-corrected chi connectivity index (χ3v) is 17.5. The highest BCUT2D eigenvalue weighted by Crippen LogP contribution is 2.29. The van der Waals surface area contributed by atoms with E-state index in [0.29, 0.717) is 23.8 Å². The molecule has 12 rings (SSSR count). The maximum absolute atomic E-state index is 9.59. The van der Waals surface area contributed by atoms with Gasteiger partial charge in [0, 0.05) is 148 Å². The van der Waals surface area contributed by atoms with E-state index in [1.165, 1.54) is 86.5 Å². The number of fused-ring (bicyclic) bond motifs is 6. The Kier molecular flexibility index (Phi) is 31.9. The second-order valence-corrected chi connectivity index (χ2v) is 25.2. The van der Waals surface area contributed by atoms with Crippen LogP contribution in [0.2, 0.25) is 0 Å². The quantitative estimate of drug-likeness (QED) is 0.0189. The number of rotatable bonds is 30. The number of hydrogen-bond acceptors (Lipinski definition) is 12. The second kappa shape index (κ2) is 41.0. The maximum atomic E-state index is 9.59. The summed E-state index contributed by atoms with van der Waals surface area (Å²) in [4.78, 5) is 28.7. The summed E-state index contributed by atoms with van der Waals surface area (Å²) in [5, 5.41) is 38.9. The first-order valence-electron chi connectivity index (χ1n) is 34.8. The predicted octanol–water partition coefficient (Wildman–Crippen LogP) is 15.1. The largest absolute Gasteiger partial charge is 0.508 e. The molecule has 0 amide bonds. The molecule has 0 fully saturated rings. The minimum Gasteiger partial charge on any atom is -0.508 e. The van der Waals surface area contributed by atoms with Crippen molar-refractivity contribution in [1.29, 1.82) is 0 Å². The number of likely N-dealkylation sites (N-methyl/N-ethyl adjacent to an activating group) is 3. The standard InChI is InChI=1S/C16H24N2O.C16H20N2O.C14H18N2O.C13H18N2O.C12H16N2O.C11H14N2O/c2*1-3-8-18(9-4-2)10-7-13-12-17-16-6-5-14(19)11-15(13)16;1-3-7-16(2)8-6-11-10-15-14-5-4-12(17)9-13(11)14;1-15(2)7-6-10-9-14-13-5-4-11(16-3)8-12(10)13;1-13-6-5-9-8-14-12-4-3-10(15-2)7-11(9)12;1-14-9-2-3-11-10(6-9)8(4-5-12)7-13-11/h5-6,11-12,17,19H,3-4,7-10H2,1-2H3;3-6,11-12,17,19H,1-2,7-10H2;3-5,9-10,15,17H,1,6-8H2,2H3;4-5,8-9,14H,6-7H2,1-3H3;3-4,7-8,13-14H,5-6H2,1-2H3;2-3,6-7,13H,4-5,12H2,1H3. The Morgan fingerprint density at radius 2 is 0.710 bits per heavy atom. The molecule has 0 saturated heterocycles. The molecule has 100 heavy (non-hydrogen) atoms. The molecule has 0 bridgehead atoms. The van der Waals surface area contributed by atoms with Crippen LogP contribution in [0.1, 0.15) is 60.1 Å². The van der Waals surface area contributed by atoms with Crippen molar-refractivity contribution in [2.75, 3.05) is 122 Å². The molecule has 0 radical (unpaired) electrons. The summed E-state index contributed by atoms with van der Waals surface area (Å²) < 4.78 is 15.6. The van der Waals surface area contributed by atoms with Gasteiger partial charge in [0.05, 0.1) is 21.3 Å². The van der Waals surface area contributed by atoms with Crippen LogP contribution in [0.15, 0.2) is 184 Å². The third-order valence-electron chi connectivity index (χ3n) is 17.5. The number of nitrogens with zero attached hydrogens (tertiary/aromatic N) is 4. The normalized spacial score (nSPS) is 11.1. The lowest BCUT2D eigenvalue weighted by molar-refractivity contribution is 0.278. The number of hydrogen-bond donors (Lipinski definition) is 11. The van der Waals surface area contributed by atoms with Gasteiger partial charge in [0.1, 0.15) is 34.5 Å². The van der Waals surface area contributed by atoms with Crippen LogP contribution in [-0.2, 0) is 38.5 Å². The van der Waals surface area contributed by atoms with Gasteiger partial charge in [0.15, 0.2) is 0 Å². The number of methoxy groups -OCH3 is 3. The van der Waals surface area contributed by atoms with Crippen LogP contribution in [0, 0.1) is 0 Å². The van der Waals surface area contributed by atoms with Crippen molar-refractivity contribution in [3.63, 3.8) is 0 Å². The van der Waals surface area contributed by atoms with Crippen molar-refractivity contribution in [2.24, 2.45) is 5.73 Å². The van der Waals surface area contributed by atoms with Gasteiger partial charge in [-0.2, -0.15) is 0 Å². The number of aromatic nitrogens is 6. The molecule has 0 spiro atoms. The molecule has 12 N–H and O–H groups in total. The van der Waals surface area contributed by atoms with Gasteiger partial charge in [-0.05, 0) is 248 Å². The van der Waals surface area contributed by atoms with Crippen molar-refractivity contribution in [3.8, 4) is 34.5 Å². The lowest BCUT2D eigenvalue weighted by Crippen LogP contribution is -2.27. The number of aromatic amines is 6. The molecular formula is C82H110N12O6. The molecule has 0 atom stereocenters. The Labute approximate surface area is 591 Å². The topological polar surface area (TPSA) is 234 Å². The maximum Gasteiger partial charge on any atom is 0.119 e. The molecule has 6 aromatic carbocycles. The summed E-state index contributed by atoms with van der Waals surface area (Å²) in [6.45, 7) is 26.4. The van der Waals surface area contributed by atoms with Crippen molar-refractivity contribution in [3.05, 3.63) is 218 Å². The second-order valence-electron chi connectivity index (χ2n) is 25.2. The van der Waals surface area contributed by atoms with E-state index in [-0.39, 0.29) is 0 Å². The highest BCUT2D eigenvalue weighted by molar-refractivity contribution is 5.88. The molecule has 6 aromatic heterocycles. The molecule has 0 aliphatic heterocycles. The number of nitrogens with one attached hydrogen (secondary N) is 7. The first kappa shape index (κ1) is 77.7. The lowest BCUT2D eigenvalue weighted by atomic mass is 10.1. The fraction of sp³-hybridized carbons (Fsp3) is 0.341. The van der Waals surface area contributed by atoms with E-state index in [0.717, 1.165) is 146 Å². The first-order valence-corrected chi connectivity index (χ1v) is 34.8. The predicted molar refractivity (Wildman–Crippen MR) is 420 cm³/mol. The SMILES string of the molecule is C=CCN(C)CCc1c[nH]c2ccc(O)cc12.C=CCN(CC=C)CCc1c[nH]c2ccc(O)cc12.CCCN(CCC)CCc1c[nH]c2ccc(O)cc12.CNCCc1c[nH]c2ccc(OC)cc12.COc1ccc2[nH]cc(CCN(C)C)c2c1.COc1ccc2[nH]cc(CCN)c2c1. The minimum absolute atomic E-state index is 0.308. The molecule has 6 heterocycles. The van der Waals surface area contributed by atoms with E-state index in [2.05, 4.69) is 152 Å². The van der Waals surface area contributed by atoms with Crippen LogP contribution < -0.4 is 25.3 Å². The van der Waals surface area contributed by atoms with Gasteiger partial charge in [0.2, 0.25) is 0 Å². The summed E-state index contributed by atoms with van der Waals surface area (Å²) in [5.74, 6) is 3.67. The molecule has 18 nitrogen and oxygen atoms in total. The van der Waals surface area contributed by atoms with Gasteiger partial charge >= 0.3 is 0 Å². The zero-order valence-electron chi connectivity index (χ0n) is 60.6. The highest BCUT2D eigenvalue weighted by atomic mass is 16.5. The average Bonchev–Trinajstić information content (AvgIpc) is 1.79. The number of H-pyrrole nitrogens is 6. The lowest BCUT2D eigenvalue weighted by Gasteiger charge is -2.20. The summed E-state index contributed by atoms with van der Waals surface area (Å²) in [5.41, 5.74) is 19.9. The molecule has 0 aliphatic rings. The number of benzene rings is 6. The molecule has 0 unspecified atom stereocenters. The summed E-state index contributed by atoms with van der Waals surface area (Å²) in [6.07, 6.45) is 26.3. The smallest absolute Gasteiger partial charge is 0.119 e. The van der Waals surface area contributed by atoms with Crippen molar-refractivity contribution in [2.45, 2.75) is 65.2 Å². The Balaban J connectivity index is 0.000000169. The Morgan fingerprint density at radius 3 is 1.03 bits per heavy atom. The number of aromatic hydroxyl groups is 3. The summed E-state index contributed by atoms with van der Waals surface area (Å²) in [7, 11) is 13.3. The molecule has 18 heteroatoms. The molecular weight excluding hydrogens is 1250 g/mol. The Bertz CT molecular complexity index is 4380. The van der Waals surface area contributed by atoms with Crippen LogP contribution in [-0.4, -0.2) is 186 Å². The van der Waals surface area contributed by atoms with Crippen LogP contribution >= 0.6 is 0 Å². The van der Waals surface area contributed by atoms with Crippen molar-refractivity contribution >= 4 is 65.4 Å². The van der Waals surface area contributed by atoms with E-state index >= 15 is 0 Å². The van der Waals surface area contributed by atoms with Gasteiger partial charge < -0.3 is 85.2 Å². The zero-order chi connectivity index (χ0) is 71.8. The zero-order valence-corrected chi connectivity index (χ0v) is 60.6. The molecule has 534 valence electrons. The van der Waals surface area contributed by atoms with E-state index < -0.39 is 0 Å². The summed E-state index contributed by atoms with van der Waals surface area (Å²) >= 11 is 0. The fourth-order valence-electron chi connectivity index (χ4n) is 12.1. The minimum atomic E-state index is 0.308. The first-order chi connectivity index (χ1) is 48.6. The number of nitrogens with two attached hydrogens (primary N) is 1. The van der Waals surface area contributed by atoms with Crippen molar-refractivity contribution < 1.29 is 29.5 Å². The van der Waals surface area contributed by atoms with Gasteiger partial charge in [-0.25, -0.2) is 0 Å². The van der Waals surface area contributed by atoms with Gasteiger partial charge in [-0.1, -0.05) is 32.1 Å². The van der Waals surface area contributed by atoms with E-state index in [9.17, 15) is 15.3 Å². The monoisotopic (exact) mass is 1360 g/mol. The van der Waals surface area contributed by atoms with Crippen LogP contribution in [0.5, 0.6) is 34.5 Å². The van der Waals surface area contributed by atoms with Gasteiger partial charge in [-0.3, -0.25) is 4.90 Å². The Hall–Kier alpha value is -9.66. The van der Waals surface area contributed by atoms with E-state index in [1.807, 2.05) is 111 Å². The molecule has 12 aromatic rings. The number of phenolic OH excluding ortho intramolecular Hbond substituents is 3. The average molecular weight is 1360 g/mol. The molecule has 0 aliphatic carbocycles. The number of phenols is 3. The van der Waals surface area contributed by atoms with Crippen LogP contribution in [0.3, 0.4) is 0 Å². The van der Waals surface area contributed by atoms with Gasteiger partial charge in [-0.15, -0.1) is 19.7 Å². The summed E-state index contributed by atoms with van der Waals surface area (Å²) in [6, 6.07) is 34.6. The Morgan fingerprint density at radius 1 is 0.400 bits per heavy atom. The van der Waals surface area contributed by atoms with Crippen LogP contribution in [0.25, 0.3) is 65.4 Å². The van der Waals surface area contributed by atoms with Gasteiger partial charge in [0.25, 0.3) is 0 Å². The number of ether oxygens (including phenoxy) is 3. The molecule has 0 saturated carbocycles. The van der Waals surface area contributed by atoms with Crippen molar-refractivity contribution in [1.82, 2.24) is 54.8 Å². The fourth-order valence-corrected chi connectivity index (χ4v) is 12.1. The van der Waals surface area contributed by atoms with E-state index in [1.54, 1.807) is 39.5 Å². The third kappa shape index (κ3) is 23.2. The van der Waals surface area contributed by atoms with E-state index in [4.69, 9.17) is 19.9 Å². The van der Waals surface area contributed by atoms with Crippen LogP contribution in [0.4, 0.5) is 0 Å². The highest BCUT2D eigenvalue weighted by Gasteiger charge is 2.12.